The standard InChI is InChI=1S/C13H29N3/c1-11(2)16-9-7-12(3)15(5)13(10-16)6-8-14-4/h11-14H,6-10H2,1-5H3. The highest BCUT2D eigenvalue weighted by Gasteiger charge is 2.27. The number of rotatable bonds is 4. The van der Waals surface area contributed by atoms with E-state index in [4.69, 9.17) is 0 Å². The Morgan fingerprint density at radius 1 is 1.38 bits per heavy atom. The summed E-state index contributed by atoms with van der Waals surface area (Å²) in [4.78, 5) is 5.19. The van der Waals surface area contributed by atoms with E-state index in [1.165, 1.54) is 25.9 Å². The van der Waals surface area contributed by atoms with Crippen LogP contribution >= 0.6 is 0 Å². The third-order valence-electron chi connectivity index (χ3n) is 4.01. The number of nitrogens with one attached hydrogen (secondary N) is 1. The molecule has 3 nitrogen and oxygen atoms in total. The van der Waals surface area contributed by atoms with Crippen molar-refractivity contribution in [3.8, 4) is 0 Å². The molecule has 2 unspecified atom stereocenters. The molecule has 1 N–H and O–H groups in total. The molecule has 0 radical (unpaired) electrons. The van der Waals surface area contributed by atoms with Gasteiger partial charge in [-0.1, -0.05) is 0 Å². The van der Waals surface area contributed by atoms with E-state index < -0.39 is 0 Å². The van der Waals surface area contributed by atoms with Gasteiger partial charge in [-0.05, 0) is 60.8 Å². The fourth-order valence-corrected chi connectivity index (χ4v) is 2.48. The van der Waals surface area contributed by atoms with Crippen molar-refractivity contribution < 1.29 is 0 Å². The summed E-state index contributed by atoms with van der Waals surface area (Å²) in [5.41, 5.74) is 0. The van der Waals surface area contributed by atoms with Gasteiger partial charge >= 0.3 is 0 Å². The molecule has 0 aromatic carbocycles. The van der Waals surface area contributed by atoms with Gasteiger partial charge in [-0.25, -0.2) is 0 Å². The summed E-state index contributed by atoms with van der Waals surface area (Å²) >= 11 is 0. The second-order valence-electron chi connectivity index (χ2n) is 5.44. The second kappa shape index (κ2) is 6.58. The number of hydrogen-bond acceptors (Lipinski definition) is 3. The van der Waals surface area contributed by atoms with Crippen molar-refractivity contribution in [2.24, 2.45) is 0 Å². The van der Waals surface area contributed by atoms with E-state index in [0.717, 1.165) is 6.54 Å². The van der Waals surface area contributed by atoms with Gasteiger partial charge in [0.1, 0.15) is 0 Å². The van der Waals surface area contributed by atoms with E-state index in [0.29, 0.717) is 18.1 Å². The summed E-state index contributed by atoms with van der Waals surface area (Å²) < 4.78 is 0. The van der Waals surface area contributed by atoms with Gasteiger partial charge in [-0.3, -0.25) is 9.80 Å². The van der Waals surface area contributed by atoms with Crippen molar-refractivity contribution in [3.63, 3.8) is 0 Å². The maximum atomic E-state index is 3.27. The largest absolute Gasteiger partial charge is 0.320 e. The van der Waals surface area contributed by atoms with Crippen LogP contribution in [-0.2, 0) is 0 Å². The van der Waals surface area contributed by atoms with Crippen LogP contribution in [0.2, 0.25) is 0 Å². The third kappa shape index (κ3) is 3.72. The monoisotopic (exact) mass is 227 g/mol. The zero-order valence-electron chi connectivity index (χ0n) is 11.7. The first kappa shape index (κ1) is 13.9. The van der Waals surface area contributed by atoms with Crippen molar-refractivity contribution >= 4 is 0 Å². The van der Waals surface area contributed by atoms with E-state index in [1.54, 1.807) is 0 Å². The predicted molar refractivity (Wildman–Crippen MR) is 70.9 cm³/mol. The first-order valence-corrected chi connectivity index (χ1v) is 6.66. The highest BCUT2D eigenvalue weighted by atomic mass is 15.3. The maximum absolute atomic E-state index is 3.27. The van der Waals surface area contributed by atoms with Crippen LogP contribution in [0, 0.1) is 0 Å². The average molecular weight is 227 g/mol. The predicted octanol–water partition coefficient (Wildman–Crippen LogP) is 1.40. The lowest BCUT2D eigenvalue weighted by Gasteiger charge is -2.32. The van der Waals surface area contributed by atoms with Crippen molar-refractivity contribution in [3.05, 3.63) is 0 Å². The molecule has 1 aliphatic rings. The van der Waals surface area contributed by atoms with Crippen molar-refractivity contribution in [2.75, 3.05) is 33.7 Å². The minimum Gasteiger partial charge on any atom is -0.320 e. The van der Waals surface area contributed by atoms with E-state index in [2.05, 4.69) is 42.9 Å². The van der Waals surface area contributed by atoms with Crippen LogP contribution < -0.4 is 5.32 Å². The Kier molecular flexibility index (Phi) is 5.73. The molecular formula is C13H29N3. The van der Waals surface area contributed by atoms with Crippen LogP contribution in [0.15, 0.2) is 0 Å². The quantitative estimate of drug-likeness (QED) is 0.783. The molecule has 3 heteroatoms. The van der Waals surface area contributed by atoms with Gasteiger partial charge in [0, 0.05) is 24.7 Å². The zero-order valence-corrected chi connectivity index (χ0v) is 11.7. The Bertz CT molecular complexity index is 194. The van der Waals surface area contributed by atoms with Gasteiger partial charge in [-0.2, -0.15) is 0 Å². The molecular weight excluding hydrogens is 198 g/mol. The number of nitrogens with zero attached hydrogens (tertiary/aromatic N) is 2. The summed E-state index contributed by atoms with van der Waals surface area (Å²) in [5, 5.41) is 3.27. The topological polar surface area (TPSA) is 18.5 Å². The van der Waals surface area contributed by atoms with Crippen molar-refractivity contribution in [1.82, 2.24) is 15.1 Å². The first-order valence-electron chi connectivity index (χ1n) is 6.66. The smallest absolute Gasteiger partial charge is 0.0235 e. The summed E-state index contributed by atoms with van der Waals surface area (Å²) in [6, 6.07) is 2.09. The van der Waals surface area contributed by atoms with Crippen molar-refractivity contribution in [2.45, 2.75) is 51.7 Å². The normalized spacial score (nSPS) is 29.6. The van der Waals surface area contributed by atoms with Crippen LogP contribution in [0.4, 0.5) is 0 Å². The molecule has 1 aliphatic heterocycles. The van der Waals surface area contributed by atoms with Crippen LogP contribution in [0.1, 0.15) is 33.6 Å². The molecule has 0 saturated carbocycles. The Hall–Kier alpha value is -0.120. The molecule has 0 amide bonds. The van der Waals surface area contributed by atoms with Gasteiger partial charge in [0.15, 0.2) is 0 Å². The lowest BCUT2D eigenvalue weighted by atomic mass is 10.1. The summed E-state index contributed by atoms with van der Waals surface area (Å²) in [6.45, 7) is 10.6. The molecule has 96 valence electrons. The summed E-state index contributed by atoms with van der Waals surface area (Å²) in [7, 11) is 4.33. The van der Waals surface area contributed by atoms with Crippen LogP contribution in [-0.4, -0.2) is 61.7 Å². The van der Waals surface area contributed by atoms with Gasteiger partial charge in [0.05, 0.1) is 0 Å². The minimum absolute atomic E-state index is 0.677. The average Bonchev–Trinajstić information content (AvgIpc) is 2.38. The molecule has 0 aromatic heterocycles. The van der Waals surface area contributed by atoms with E-state index in [-0.39, 0.29) is 0 Å². The Morgan fingerprint density at radius 2 is 2.06 bits per heavy atom. The zero-order chi connectivity index (χ0) is 12.1. The van der Waals surface area contributed by atoms with E-state index in [1.807, 2.05) is 7.05 Å². The number of hydrogen-bond donors (Lipinski definition) is 1. The number of likely N-dealkylation sites (N-methyl/N-ethyl adjacent to an activating group) is 1. The van der Waals surface area contributed by atoms with Crippen LogP contribution in [0.3, 0.4) is 0 Å². The SMILES string of the molecule is CNCCC1CN(C(C)C)CCC(C)N1C. The molecule has 2 atom stereocenters. The summed E-state index contributed by atoms with van der Waals surface area (Å²) in [5.74, 6) is 0. The molecule has 0 bridgehead atoms. The molecule has 0 aliphatic carbocycles. The molecule has 1 rings (SSSR count). The van der Waals surface area contributed by atoms with Crippen LogP contribution in [0.5, 0.6) is 0 Å². The minimum atomic E-state index is 0.677. The maximum Gasteiger partial charge on any atom is 0.0235 e. The first-order chi connectivity index (χ1) is 7.56. The van der Waals surface area contributed by atoms with E-state index >= 15 is 0 Å². The fourth-order valence-electron chi connectivity index (χ4n) is 2.48. The summed E-state index contributed by atoms with van der Waals surface area (Å²) in [6.07, 6.45) is 2.55. The fraction of sp³-hybridized carbons (Fsp3) is 1.00. The second-order valence-corrected chi connectivity index (χ2v) is 5.44. The van der Waals surface area contributed by atoms with Crippen LogP contribution in [0.25, 0.3) is 0 Å². The molecule has 16 heavy (non-hydrogen) atoms. The molecule has 0 aromatic rings. The third-order valence-corrected chi connectivity index (χ3v) is 4.01. The Morgan fingerprint density at radius 3 is 2.62 bits per heavy atom. The van der Waals surface area contributed by atoms with Crippen molar-refractivity contribution in [1.29, 1.82) is 0 Å². The van der Waals surface area contributed by atoms with Gasteiger partial charge < -0.3 is 5.32 Å². The molecule has 1 saturated heterocycles. The highest BCUT2D eigenvalue weighted by Crippen LogP contribution is 2.17. The molecule has 0 spiro atoms. The van der Waals surface area contributed by atoms with Gasteiger partial charge in [0.2, 0.25) is 0 Å². The van der Waals surface area contributed by atoms with E-state index in [9.17, 15) is 0 Å². The van der Waals surface area contributed by atoms with Gasteiger partial charge in [-0.15, -0.1) is 0 Å². The molecule has 1 heterocycles. The lowest BCUT2D eigenvalue weighted by molar-refractivity contribution is 0.154. The highest BCUT2D eigenvalue weighted by molar-refractivity contribution is 4.83. The Balaban J connectivity index is 2.60. The molecule has 1 fully saturated rings. The lowest BCUT2D eigenvalue weighted by Crippen LogP contribution is -2.44. The van der Waals surface area contributed by atoms with Gasteiger partial charge in [0.25, 0.3) is 0 Å². The Labute approximate surface area is 101 Å².